The molecule has 4 nitrogen and oxygen atoms in total. The van der Waals surface area contributed by atoms with Gasteiger partial charge in [-0.25, -0.2) is 0 Å². The van der Waals surface area contributed by atoms with Gasteiger partial charge in [0.25, 0.3) is 0 Å². The standard InChI is InChI=1S/C12H23N3O/c1-2-5-13-12(16)8-14-11-4-7-15-6-3-10(11)9-15/h10-11,14H,2-9H2,1H3,(H,13,16). The quantitative estimate of drug-likeness (QED) is 0.702. The summed E-state index contributed by atoms with van der Waals surface area (Å²) in [4.78, 5) is 14.0. The predicted octanol–water partition coefficient (Wildman–Crippen LogP) is 0.196. The minimum absolute atomic E-state index is 0.141. The minimum atomic E-state index is 0.141. The van der Waals surface area contributed by atoms with Crippen molar-refractivity contribution < 1.29 is 4.79 Å². The van der Waals surface area contributed by atoms with Crippen molar-refractivity contribution in [1.82, 2.24) is 15.5 Å². The van der Waals surface area contributed by atoms with Gasteiger partial charge in [-0.05, 0) is 38.3 Å². The first-order valence-corrected chi connectivity index (χ1v) is 6.52. The number of hydrogen-bond donors (Lipinski definition) is 2. The van der Waals surface area contributed by atoms with Gasteiger partial charge in [0.05, 0.1) is 6.54 Å². The molecule has 1 amide bonds. The molecule has 0 aromatic rings. The summed E-state index contributed by atoms with van der Waals surface area (Å²) in [5.74, 6) is 0.912. The number of hydrogen-bond acceptors (Lipinski definition) is 3. The van der Waals surface area contributed by atoms with Crippen LogP contribution in [0, 0.1) is 5.92 Å². The van der Waals surface area contributed by atoms with Crippen LogP contribution >= 0.6 is 0 Å². The molecule has 2 N–H and O–H groups in total. The molecule has 3 atom stereocenters. The van der Waals surface area contributed by atoms with E-state index in [1.165, 1.54) is 32.5 Å². The van der Waals surface area contributed by atoms with Gasteiger partial charge >= 0.3 is 0 Å². The van der Waals surface area contributed by atoms with Crippen LogP contribution in [0.25, 0.3) is 0 Å². The lowest BCUT2D eigenvalue weighted by atomic mass is 9.94. The number of fused-ring (bicyclic) bond motifs is 2. The number of nitrogens with zero attached hydrogens (tertiary/aromatic N) is 1. The van der Waals surface area contributed by atoms with Gasteiger partial charge in [-0.2, -0.15) is 0 Å². The van der Waals surface area contributed by atoms with Gasteiger partial charge in [-0.1, -0.05) is 6.92 Å². The van der Waals surface area contributed by atoms with E-state index < -0.39 is 0 Å². The molecule has 4 heteroatoms. The van der Waals surface area contributed by atoms with Crippen molar-refractivity contribution in [1.29, 1.82) is 0 Å². The van der Waals surface area contributed by atoms with E-state index >= 15 is 0 Å². The molecule has 0 aromatic heterocycles. The van der Waals surface area contributed by atoms with Crippen LogP contribution in [0.15, 0.2) is 0 Å². The number of amides is 1. The van der Waals surface area contributed by atoms with E-state index in [1.807, 2.05) is 0 Å². The SMILES string of the molecule is CCCNC(=O)CNC1CCN2CCC1C2. The molecule has 3 unspecified atom stereocenters. The first-order valence-electron chi connectivity index (χ1n) is 6.52. The summed E-state index contributed by atoms with van der Waals surface area (Å²) in [6.45, 7) is 7.04. The Morgan fingerprint density at radius 1 is 1.38 bits per heavy atom. The highest BCUT2D eigenvalue weighted by atomic mass is 16.1. The highest BCUT2D eigenvalue weighted by molar-refractivity contribution is 5.77. The third kappa shape index (κ3) is 2.95. The van der Waals surface area contributed by atoms with E-state index in [2.05, 4.69) is 22.5 Å². The predicted molar refractivity (Wildman–Crippen MR) is 64.3 cm³/mol. The van der Waals surface area contributed by atoms with Gasteiger partial charge in [-0.3, -0.25) is 4.79 Å². The number of piperidine rings is 1. The topological polar surface area (TPSA) is 44.4 Å². The van der Waals surface area contributed by atoms with Crippen LogP contribution in [0.1, 0.15) is 26.2 Å². The van der Waals surface area contributed by atoms with Crippen molar-refractivity contribution >= 4 is 5.91 Å². The van der Waals surface area contributed by atoms with Crippen molar-refractivity contribution in [3.8, 4) is 0 Å². The van der Waals surface area contributed by atoms with Crippen molar-refractivity contribution in [3.63, 3.8) is 0 Å². The Kier molecular flexibility index (Phi) is 4.18. The molecule has 2 bridgehead atoms. The Morgan fingerprint density at radius 3 is 3.00 bits per heavy atom. The molecule has 0 aliphatic carbocycles. The van der Waals surface area contributed by atoms with E-state index in [0.29, 0.717) is 12.6 Å². The van der Waals surface area contributed by atoms with Crippen LogP contribution in [0.5, 0.6) is 0 Å². The van der Waals surface area contributed by atoms with E-state index in [1.54, 1.807) is 0 Å². The molecule has 0 aromatic carbocycles. The molecule has 2 fully saturated rings. The molecule has 0 saturated carbocycles. The molecule has 2 heterocycles. The molecule has 16 heavy (non-hydrogen) atoms. The maximum Gasteiger partial charge on any atom is 0.233 e. The van der Waals surface area contributed by atoms with Gasteiger partial charge in [0.1, 0.15) is 0 Å². The number of carbonyl (C=O) groups excluding carboxylic acids is 1. The molecule has 2 saturated heterocycles. The fourth-order valence-electron chi connectivity index (χ4n) is 2.77. The van der Waals surface area contributed by atoms with Crippen LogP contribution in [0.4, 0.5) is 0 Å². The van der Waals surface area contributed by atoms with E-state index in [0.717, 1.165) is 18.9 Å². The summed E-state index contributed by atoms with van der Waals surface area (Å²) in [5, 5.41) is 6.32. The van der Waals surface area contributed by atoms with Crippen LogP contribution in [-0.4, -0.2) is 49.6 Å². The Balaban J connectivity index is 1.67. The third-order valence-electron chi connectivity index (χ3n) is 3.73. The van der Waals surface area contributed by atoms with Gasteiger partial charge in [0.15, 0.2) is 0 Å². The van der Waals surface area contributed by atoms with Crippen LogP contribution in [-0.2, 0) is 4.79 Å². The fourth-order valence-corrected chi connectivity index (χ4v) is 2.77. The Bertz CT molecular complexity index is 244. The number of nitrogens with one attached hydrogen (secondary N) is 2. The Labute approximate surface area is 97.8 Å². The normalized spacial score (nSPS) is 32.7. The molecule has 2 aliphatic heterocycles. The Hall–Kier alpha value is -0.610. The van der Waals surface area contributed by atoms with Crippen molar-refractivity contribution in [2.24, 2.45) is 5.92 Å². The summed E-state index contributed by atoms with van der Waals surface area (Å²) >= 11 is 0. The van der Waals surface area contributed by atoms with Gasteiger partial charge in [-0.15, -0.1) is 0 Å². The summed E-state index contributed by atoms with van der Waals surface area (Å²) in [7, 11) is 0. The molecule has 92 valence electrons. The van der Waals surface area contributed by atoms with Crippen molar-refractivity contribution in [2.45, 2.75) is 32.2 Å². The third-order valence-corrected chi connectivity index (χ3v) is 3.73. The van der Waals surface area contributed by atoms with E-state index in [4.69, 9.17) is 0 Å². The number of rotatable bonds is 5. The zero-order valence-electron chi connectivity index (χ0n) is 10.2. The Morgan fingerprint density at radius 2 is 2.19 bits per heavy atom. The molecule has 0 radical (unpaired) electrons. The summed E-state index contributed by atoms with van der Waals surface area (Å²) in [6, 6.07) is 0.561. The maximum atomic E-state index is 11.5. The second-order valence-corrected chi connectivity index (χ2v) is 4.98. The average molecular weight is 225 g/mol. The molecule has 0 spiro atoms. The van der Waals surface area contributed by atoms with Crippen molar-refractivity contribution in [2.75, 3.05) is 32.7 Å². The monoisotopic (exact) mass is 225 g/mol. The average Bonchev–Trinajstić information content (AvgIpc) is 2.68. The van der Waals surface area contributed by atoms with E-state index in [-0.39, 0.29) is 5.91 Å². The van der Waals surface area contributed by atoms with Gasteiger partial charge in [0.2, 0.25) is 5.91 Å². The summed E-state index contributed by atoms with van der Waals surface area (Å²) in [5.41, 5.74) is 0. The van der Waals surface area contributed by atoms with E-state index in [9.17, 15) is 4.79 Å². The minimum Gasteiger partial charge on any atom is -0.355 e. The van der Waals surface area contributed by atoms with Crippen LogP contribution in [0.2, 0.25) is 0 Å². The number of carbonyl (C=O) groups is 1. The highest BCUT2D eigenvalue weighted by Gasteiger charge is 2.33. The molecular weight excluding hydrogens is 202 g/mol. The molecule has 2 aliphatic rings. The van der Waals surface area contributed by atoms with Gasteiger partial charge in [0, 0.05) is 19.1 Å². The second kappa shape index (κ2) is 5.64. The summed E-state index contributed by atoms with van der Waals surface area (Å²) in [6.07, 6.45) is 3.51. The summed E-state index contributed by atoms with van der Waals surface area (Å²) < 4.78 is 0. The lowest BCUT2D eigenvalue weighted by molar-refractivity contribution is -0.120. The van der Waals surface area contributed by atoms with Crippen LogP contribution < -0.4 is 10.6 Å². The first-order chi connectivity index (χ1) is 7.79. The van der Waals surface area contributed by atoms with Gasteiger partial charge < -0.3 is 15.5 Å². The largest absolute Gasteiger partial charge is 0.355 e. The smallest absolute Gasteiger partial charge is 0.233 e. The van der Waals surface area contributed by atoms with Crippen LogP contribution in [0.3, 0.4) is 0 Å². The second-order valence-electron chi connectivity index (χ2n) is 4.98. The molecule has 2 rings (SSSR count). The maximum absolute atomic E-state index is 11.5. The van der Waals surface area contributed by atoms with Crippen molar-refractivity contribution in [3.05, 3.63) is 0 Å². The lowest BCUT2D eigenvalue weighted by Gasteiger charge is -2.30. The lowest BCUT2D eigenvalue weighted by Crippen LogP contribution is -2.47. The zero-order valence-corrected chi connectivity index (χ0v) is 10.2. The first kappa shape index (κ1) is 11.9. The fraction of sp³-hybridized carbons (Fsp3) is 0.917. The highest BCUT2D eigenvalue weighted by Crippen LogP contribution is 2.26. The zero-order chi connectivity index (χ0) is 11.4. The molecular formula is C12H23N3O.